The number of hydrogen-bond acceptors (Lipinski definition) is 3. The average molecular weight is 276 g/mol. The maximum Gasteiger partial charge on any atom is 0.123 e. The molecule has 20 heavy (non-hydrogen) atoms. The van der Waals surface area contributed by atoms with Gasteiger partial charge in [0.25, 0.3) is 0 Å². The van der Waals surface area contributed by atoms with Crippen LogP contribution in [0.25, 0.3) is 0 Å². The van der Waals surface area contributed by atoms with Gasteiger partial charge in [-0.05, 0) is 43.5 Å². The van der Waals surface area contributed by atoms with E-state index in [4.69, 9.17) is 10.5 Å². The normalized spacial score (nSPS) is 20.1. The van der Waals surface area contributed by atoms with Crippen LogP contribution in [0.5, 0.6) is 5.75 Å². The third kappa shape index (κ3) is 3.74. The Labute approximate surface area is 123 Å². The van der Waals surface area contributed by atoms with Gasteiger partial charge in [-0.2, -0.15) is 0 Å². The maximum absolute atomic E-state index is 5.76. The summed E-state index contributed by atoms with van der Waals surface area (Å²) in [5, 5.41) is 0. The van der Waals surface area contributed by atoms with Gasteiger partial charge in [0.2, 0.25) is 0 Å². The Morgan fingerprint density at radius 1 is 1.35 bits per heavy atom. The van der Waals surface area contributed by atoms with E-state index < -0.39 is 0 Å². The summed E-state index contributed by atoms with van der Waals surface area (Å²) in [6.45, 7) is 5.07. The van der Waals surface area contributed by atoms with Crippen molar-refractivity contribution in [3.05, 3.63) is 29.3 Å². The van der Waals surface area contributed by atoms with Crippen LogP contribution in [0.15, 0.2) is 18.2 Å². The molecule has 1 heterocycles. The third-order valence-corrected chi connectivity index (χ3v) is 4.32. The van der Waals surface area contributed by atoms with Crippen LogP contribution in [-0.4, -0.2) is 24.6 Å². The zero-order chi connectivity index (χ0) is 14.4. The number of methoxy groups -OCH3 is 1. The second kappa shape index (κ2) is 7.65. The highest BCUT2D eigenvalue weighted by molar-refractivity contribution is 5.37. The van der Waals surface area contributed by atoms with Crippen LogP contribution in [0.1, 0.15) is 50.2 Å². The van der Waals surface area contributed by atoms with Gasteiger partial charge in [-0.15, -0.1) is 0 Å². The highest BCUT2D eigenvalue weighted by atomic mass is 16.5. The summed E-state index contributed by atoms with van der Waals surface area (Å²) >= 11 is 0. The summed E-state index contributed by atoms with van der Waals surface area (Å²) in [6.07, 6.45) is 6.60. The molecule has 0 radical (unpaired) electrons. The molecule has 1 aliphatic rings. The van der Waals surface area contributed by atoms with Gasteiger partial charge >= 0.3 is 0 Å². The fourth-order valence-corrected chi connectivity index (χ4v) is 3.23. The van der Waals surface area contributed by atoms with Crippen molar-refractivity contribution < 1.29 is 4.74 Å². The van der Waals surface area contributed by atoms with Gasteiger partial charge in [0.15, 0.2) is 0 Å². The van der Waals surface area contributed by atoms with Crippen molar-refractivity contribution in [2.24, 2.45) is 5.73 Å². The van der Waals surface area contributed by atoms with Gasteiger partial charge < -0.3 is 10.5 Å². The Balaban J connectivity index is 2.14. The standard InChI is InChI=1S/C17H28N2O/c1-3-6-16-7-4-5-10-19(16)13-15-11-14(12-18)8-9-17(15)20-2/h8-9,11,16H,3-7,10,12-13,18H2,1-2H3. The Bertz CT molecular complexity index is 417. The maximum atomic E-state index is 5.76. The second-order valence-corrected chi connectivity index (χ2v) is 5.76. The van der Waals surface area contributed by atoms with Crippen molar-refractivity contribution in [3.63, 3.8) is 0 Å². The second-order valence-electron chi connectivity index (χ2n) is 5.76. The first-order chi connectivity index (χ1) is 9.78. The van der Waals surface area contributed by atoms with Gasteiger partial charge in [0.05, 0.1) is 7.11 Å². The van der Waals surface area contributed by atoms with E-state index in [1.54, 1.807) is 7.11 Å². The van der Waals surface area contributed by atoms with Crippen molar-refractivity contribution in [1.29, 1.82) is 0 Å². The van der Waals surface area contributed by atoms with E-state index in [2.05, 4.69) is 30.0 Å². The molecule has 0 saturated carbocycles. The fourth-order valence-electron chi connectivity index (χ4n) is 3.23. The van der Waals surface area contributed by atoms with Crippen molar-refractivity contribution in [2.75, 3.05) is 13.7 Å². The van der Waals surface area contributed by atoms with Crippen LogP contribution in [-0.2, 0) is 13.1 Å². The van der Waals surface area contributed by atoms with Crippen LogP contribution < -0.4 is 10.5 Å². The minimum Gasteiger partial charge on any atom is -0.496 e. The first-order valence-electron chi connectivity index (χ1n) is 7.88. The molecule has 1 aromatic carbocycles. The number of piperidine rings is 1. The summed E-state index contributed by atoms with van der Waals surface area (Å²) in [4.78, 5) is 2.63. The minimum absolute atomic E-state index is 0.593. The van der Waals surface area contributed by atoms with E-state index in [9.17, 15) is 0 Å². The number of rotatable bonds is 6. The molecule has 0 spiro atoms. The first-order valence-corrected chi connectivity index (χ1v) is 7.88. The Kier molecular flexibility index (Phi) is 5.86. The monoisotopic (exact) mass is 276 g/mol. The van der Waals surface area contributed by atoms with Gasteiger partial charge in [-0.3, -0.25) is 4.90 Å². The molecule has 1 fully saturated rings. The molecule has 3 nitrogen and oxygen atoms in total. The minimum atomic E-state index is 0.593. The topological polar surface area (TPSA) is 38.5 Å². The lowest BCUT2D eigenvalue weighted by atomic mass is 9.97. The molecular formula is C17H28N2O. The summed E-state index contributed by atoms with van der Waals surface area (Å²) in [5.74, 6) is 0.989. The lowest BCUT2D eigenvalue weighted by molar-refractivity contribution is 0.130. The molecule has 1 unspecified atom stereocenters. The van der Waals surface area contributed by atoms with Crippen LogP contribution in [0.2, 0.25) is 0 Å². The Hall–Kier alpha value is -1.06. The SMILES string of the molecule is CCCC1CCCCN1Cc1cc(CN)ccc1OC. The van der Waals surface area contributed by atoms with E-state index >= 15 is 0 Å². The highest BCUT2D eigenvalue weighted by Gasteiger charge is 2.22. The summed E-state index contributed by atoms with van der Waals surface area (Å²) in [6, 6.07) is 7.05. The van der Waals surface area contributed by atoms with Crippen LogP contribution in [0, 0.1) is 0 Å². The molecule has 0 bridgehead atoms. The molecule has 112 valence electrons. The van der Waals surface area contributed by atoms with Gasteiger partial charge in [-0.25, -0.2) is 0 Å². The molecule has 0 amide bonds. The number of likely N-dealkylation sites (tertiary alicyclic amines) is 1. The molecule has 1 aromatic rings. The molecule has 3 heteroatoms. The number of nitrogens with two attached hydrogens (primary N) is 1. The van der Waals surface area contributed by atoms with E-state index in [0.717, 1.165) is 18.3 Å². The molecule has 1 aliphatic heterocycles. The molecule has 0 aliphatic carbocycles. The molecular weight excluding hydrogens is 248 g/mol. The zero-order valence-corrected chi connectivity index (χ0v) is 12.9. The summed E-state index contributed by atoms with van der Waals surface area (Å²) in [5.41, 5.74) is 8.23. The van der Waals surface area contributed by atoms with Crippen molar-refractivity contribution in [1.82, 2.24) is 4.90 Å². The van der Waals surface area contributed by atoms with Crippen LogP contribution in [0.4, 0.5) is 0 Å². The van der Waals surface area contributed by atoms with Gasteiger partial charge in [-0.1, -0.05) is 25.8 Å². The molecule has 1 atom stereocenters. The largest absolute Gasteiger partial charge is 0.496 e. The Morgan fingerprint density at radius 3 is 2.90 bits per heavy atom. The summed E-state index contributed by atoms with van der Waals surface area (Å²) in [7, 11) is 1.75. The molecule has 1 saturated heterocycles. The van der Waals surface area contributed by atoms with E-state index in [1.807, 2.05) is 0 Å². The average Bonchev–Trinajstić information content (AvgIpc) is 2.49. The lowest BCUT2D eigenvalue weighted by Crippen LogP contribution is -2.38. The lowest BCUT2D eigenvalue weighted by Gasteiger charge is -2.36. The van der Waals surface area contributed by atoms with E-state index in [-0.39, 0.29) is 0 Å². The number of benzene rings is 1. The molecule has 0 aromatic heterocycles. The van der Waals surface area contributed by atoms with Gasteiger partial charge in [0, 0.05) is 24.7 Å². The number of ether oxygens (including phenoxy) is 1. The predicted octanol–water partition coefficient (Wildman–Crippen LogP) is 3.31. The van der Waals surface area contributed by atoms with Crippen LogP contribution >= 0.6 is 0 Å². The van der Waals surface area contributed by atoms with Crippen molar-refractivity contribution in [3.8, 4) is 5.75 Å². The van der Waals surface area contributed by atoms with Gasteiger partial charge in [0.1, 0.15) is 5.75 Å². The smallest absolute Gasteiger partial charge is 0.123 e. The summed E-state index contributed by atoms with van der Waals surface area (Å²) < 4.78 is 5.51. The van der Waals surface area contributed by atoms with Crippen molar-refractivity contribution >= 4 is 0 Å². The van der Waals surface area contributed by atoms with E-state index in [0.29, 0.717) is 6.54 Å². The fraction of sp³-hybridized carbons (Fsp3) is 0.647. The predicted molar refractivity (Wildman–Crippen MR) is 83.8 cm³/mol. The zero-order valence-electron chi connectivity index (χ0n) is 12.9. The number of hydrogen-bond donors (Lipinski definition) is 1. The quantitative estimate of drug-likeness (QED) is 0.866. The van der Waals surface area contributed by atoms with E-state index in [1.165, 1.54) is 49.8 Å². The third-order valence-electron chi connectivity index (χ3n) is 4.32. The highest BCUT2D eigenvalue weighted by Crippen LogP contribution is 2.27. The number of nitrogens with zero attached hydrogens (tertiary/aromatic N) is 1. The Morgan fingerprint density at radius 2 is 2.20 bits per heavy atom. The molecule has 2 rings (SSSR count). The first kappa shape index (κ1) is 15.3. The van der Waals surface area contributed by atoms with Crippen molar-refractivity contribution in [2.45, 2.75) is 58.2 Å². The molecule has 2 N–H and O–H groups in total. The van der Waals surface area contributed by atoms with Crippen LogP contribution in [0.3, 0.4) is 0 Å².